The minimum Gasteiger partial charge on any atom is -0.358 e. The maximum atomic E-state index is 12.9. The summed E-state index contributed by atoms with van der Waals surface area (Å²) >= 11 is 12.3. The number of hydrogen-bond donors (Lipinski definition) is 2. The quantitative estimate of drug-likeness (QED) is 0.398. The van der Waals surface area contributed by atoms with Gasteiger partial charge in [0.2, 0.25) is 0 Å². The summed E-state index contributed by atoms with van der Waals surface area (Å²) in [7, 11) is -3.95. The summed E-state index contributed by atoms with van der Waals surface area (Å²) in [6, 6.07) is 17.7. The van der Waals surface area contributed by atoms with Gasteiger partial charge in [-0.15, -0.1) is 0 Å². The Bertz CT molecular complexity index is 1330. The molecule has 0 fully saturated rings. The zero-order valence-corrected chi connectivity index (χ0v) is 17.1. The SMILES string of the molecule is O=C(c1ccccc1)c1cccc(S(=O)(=O)Nc2ccc(Cl)c3c(Cl)c[nH]c23)c1. The molecule has 0 amide bonds. The third-order valence-electron chi connectivity index (χ3n) is 4.42. The van der Waals surface area contributed by atoms with Crippen molar-refractivity contribution in [3.05, 3.63) is 94.1 Å². The molecule has 0 bridgehead atoms. The van der Waals surface area contributed by atoms with E-state index in [2.05, 4.69) is 9.71 Å². The Balaban J connectivity index is 1.70. The second kappa shape index (κ2) is 7.55. The molecule has 3 aromatic carbocycles. The molecule has 8 heteroatoms. The van der Waals surface area contributed by atoms with Crippen LogP contribution in [-0.4, -0.2) is 19.2 Å². The van der Waals surface area contributed by atoms with Gasteiger partial charge >= 0.3 is 0 Å². The van der Waals surface area contributed by atoms with Gasteiger partial charge in [0.05, 0.1) is 26.1 Å². The van der Waals surface area contributed by atoms with Crippen LogP contribution in [-0.2, 0) is 10.0 Å². The molecule has 0 aliphatic carbocycles. The number of carbonyl (C=O) groups excluding carboxylic acids is 1. The number of sulfonamides is 1. The van der Waals surface area contributed by atoms with Gasteiger partial charge in [-0.1, -0.05) is 65.7 Å². The third-order valence-corrected chi connectivity index (χ3v) is 6.40. The lowest BCUT2D eigenvalue weighted by Crippen LogP contribution is -2.14. The molecule has 0 spiro atoms. The Morgan fingerprint density at radius 2 is 1.59 bits per heavy atom. The van der Waals surface area contributed by atoms with Crippen LogP contribution in [0.25, 0.3) is 10.9 Å². The molecule has 29 heavy (non-hydrogen) atoms. The monoisotopic (exact) mass is 444 g/mol. The molecule has 4 rings (SSSR count). The molecule has 0 aliphatic heterocycles. The van der Waals surface area contributed by atoms with Gasteiger partial charge in [0.1, 0.15) is 0 Å². The molecule has 2 N–H and O–H groups in total. The van der Waals surface area contributed by atoms with Gasteiger partial charge in [0.25, 0.3) is 10.0 Å². The van der Waals surface area contributed by atoms with Crippen molar-refractivity contribution in [1.82, 2.24) is 4.98 Å². The highest BCUT2D eigenvalue weighted by Gasteiger charge is 2.20. The van der Waals surface area contributed by atoms with Crippen molar-refractivity contribution >= 4 is 55.6 Å². The zero-order chi connectivity index (χ0) is 20.6. The van der Waals surface area contributed by atoms with E-state index < -0.39 is 10.0 Å². The lowest BCUT2D eigenvalue weighted by Gasteiger charge is -2.11. The zero-order valence-electron chi connectivity index (χ0n) is 14.8. The van der Waals surface area contributed by atoms with Crippen LogP contribution in [0.4, 0.5) is 5.69 Å². The van der Waals surface area contributed by atoms with Gasteiger partial charge < -0.3 is 4.98 Å². The van der Waals surface area contributed by atoms with Crippen LogP contribution in [0.5, 0.6) is 0 Å². The molecule has 0 unspecified atom stereocenters. The lowest BCUT2D eigenvalue weighted by molar-refractivity contribution is 0.103. The molecular weight excluding hydrogens is 431 g/mol. The standard InChI is InChI=1S/C21H14Cl2N2O3S/c22-16-9-10-18(20-19(16)17(23)12-24-20)25-29(27,28)15-8-4-7-14(11-15)21(26)13-5-2-1-3-6-13/h1-12,24-25H. The van der Waals surface area contributed by atoms with Gasteiger partial charge in [-0.3, -0.25) is 9.52 Å². The number of aromatic nitrogens is 1. The average Bonchev–Trinajstić information content (AvgIpc) is 3.13. The average molecular weight is 445 g/mol. The third kappa shape index (κ3) is 3.74. The first-order valence-corrected chi connectivity index (χ1v) is 10.8. The Morgan fingerprint density at radius 1 is 0.862 bits per heavy atom. The molecule has 0 saturated carbocycles. The number of rotatable bonds is 5. The minimum atomic E-state index is -3.95. The molecule has 5 nitrogen and oxygen atoms in total. The van der Waals surface area contributed by atoms with Crippen molar-refractivity contribution in [2.24, 2.45) is 0 Å². The fourth-order valence-corrected chi connectivity index (χ4v) is 4.69. The fraction of sp³-hybridized carbons (Fsp3) is 0. The van der Waals surface area contributed by atoms with Crippen LogP contribution in [0, 0.1) is 0 Å². The highest BCUT2D eigenvalue weighted by molar-refractivity contribution is 7.92. The van der Waals surface area contributed by atoms with Crippen molar-refractivity contribution in [2.75, 3.05) is 4.72 Å². The summed E-state index contributed by atoms with van der Waals surface area (Å²) in [6.45, 7) is 0. The first kappa shape index (κ1) is 19.5. The molecule has 0 aliphatic rings. The van der Waals surface area contributed by atoms with Gasteiger partial charge in [-0.25, -0.2) is 8.42 Å². The van der Waals surface area contributed by atoms with E-state index in [1.54, 1.807) is 48.5 Å². The van der Waals surface area contributed by atoms with Crippen LogP contribution in [0.3, 0.4) is 0 Å². The first-order chi connectivity index (χ1) is 13.9. The highest BCUT2D eigenvalue weighted by atomic mass is 35.5. The van der Waals surface area contributed by atoms with Crippen LogP contribution in [0.15, 0.2) is 77.8 Å². The number of H-pyrrole nitrogens is 1. The van der Waals surface area contributed by atoms with E-state index in [-0.39, 0.29) is 16.2 Å². The molecule has 0 saturated heterocycles. The Hall–Kier alpha value is -2.80. The summed E-state index contributed by atoms with van der Waals surface area (Å²) in [5.41, 5.74) is 1.54. The normalized spacial score (nSPS) is 11.5. The number of anilines is 1. The van der Waals surface area contributed by atoms with Crippen LogP contribution in [0.1, 0.15) is 15.9 Å². The first-order valence-electron chi connectivity index (χ1n) is 8.54. The van der Waals surface area contributed by atoms with Crippen molar-refractivity contribution in [2.45, 2.75) is 4.90 Å². The number of halogens is 2. The highest BCUT2D eigenvalue weighted by Crippen LogP contribution is 2.35. The van der Waals surface area contributed by atoms with Crippen LogP contribution < -0.4 is 4.72 Å². The second-order valence-electron chi connectivity index (χ2n) is 6.31. The van der Waals surface area contributed by atoms with E-state index in [4.69, 9.17) is 23.2 Å². The summed E-state index contributed by atoms with van der Waals surface area (Å²) < 4.78 is 28.4. The number of fused-ring (bicyclic) bond motifs is 1. The van der Waals surface area contributed by atoms with Crippen molar-refractivity contribution < 1.29 is 13.2 Å². The van der Waals surface area contributed by atoms with E-state index in [1.165, 1.54) is 24.4 Å². The van der Waals surface area contributed by atoms with Crippen molar-refractivity contribution in [1.29, 1.82) is 0 Å². The van der Waals surface area contributed by atoms with Crippen LogP contribution in [0.2, 0.25) is 10.0 Å². The van der Waals surface area contributed by atoms with E-state index in [0.29, 0.717) is 32.2 Å². The van der Waals surface area contributed by atoms with Crippen molar-refractivity contribution in [3.63, 3.8) is 0 Å². The number of aromatic amines is 1. The number of ketones is 1. The summed E-state index contributed by atoms with van der Waals surface area (Å²) in [6.07, 6.45) is 1.54. The largest absolute Gasteiger partial charge is 0.358 e. The predicted octanol–water partition coefficient (Wildman–Crippen LogP) is 5.51. The molecule has 1 aromatic heterocycles. The molecular formula is C21H14Cl2N2O3S. The number of hydrogen-bond acceptors (Lipinski definition) is 3. The van der Waals surface area contributed by atoms with E-state index >= 15 is 0 Å². The maximum Gasteiger partial charge on any atom is 0.261 e. The Morgan fingerprint density at radius 3 is 2.34 bits per heavy atom. The van der Waals surface area contributed by atoms with Gasteiger partial charge in [-0.2, -0.15) is 0 Å². The van der Waals surface area contributed by atoms with E-state index in [9.17, 15) is 13.2 Å². The summed E-state index contributed by atoms with van der Waals surface area (Å²) in [4.78, 5) is 15.5. The van der Waals surface area contributed by atoms with E-state index in [0.717, 1.165) is 0 Å². The predicted molar refractivity (Wildman–Crippen MR) is 115 cm³/mol. The minimum absolute atomic E-state index is 0.0277. The Labute approximate surface area is 177 Å². The lowest BCUT2D eigenvalue weighted by atomic mass is 10.0. The smallest absolute Gasteiger partial charge is 0.261 e. The molecule has 0 atom stereocenters. The van der Waals surface area contributed by atoms with Gasteiger partial charge in [-0.05, 0) is 24.3 Å². The van der Waals surface area contributed by atoms with E-state index in [1.807, 2.05) is 0 Å². The second-order valence-corrected chi connectivity index (χ2v) is 8.81. The topological polar surface area (TPSA) is 79.0 Å². The number of benzene rings is 3. The molecule has 1 heterocycles. The van der Waals surface area contributed by atoms with Crippen molar-refractivity contribution in [3.8, 4) is 0 Å². The molecule has 146 valence electrons. The maximum absolute atomic E-state index is 12.9. The van der Waals surface area contributed by atoms with Gasteiger partial charge in [0.15, 0.2) is 5.78 Å². The number of carbonyl (C=O) groups is 1. The summed E-state index contributed by atoms with van der Waals surface area (Å²) in [5, 5.41) is 1.33. The number of nitrogens with one attached hydrogen (secondary N) is 2. The fourth-order valence-electron chi connectivity index (χ4n) is 3.02. The molecule has 4 aromatic rings. The van der Waals surface area contributed by atoms with Gasteiger partial charge in [0, 0.05) is 22.7 Å². The summed E-state index contributed by atoms with van der Waals surface area (Å²) in [5.74, 6) is -0.257. The Kier molecular flexibility index (Phi) is 5.08. The molecule has 0 radical (unpaired) electrons. The van der Waals surface area contributed by atoms with Crippen LogP contribution >= 0.6 is 23.2 Å².